The minimum Gasteiger partial charge on any atom is -0.388 e. The van der Waals surface area contributed by atoms with Gasteiger partial charge in [-0.3, -0.25) is 0 Å². The summed E-state index contributed by atoms with van der Waals surface area (Å²) in [6, 6.07) is 2.11. The van der Waals surface area contributed by atoms with Crippen LogP contribution in [0.4, 0.5) is 5.82 Å². The van der Waals surface area contributed by atoms with Crippen molar-refractivity contribution in [1.82, 2.24) is 15.0 Å². The summed E-state index contributed by atoms with van der Waals surface area (Å²) in [6.07, 6.45) is 4.43. The van der Waals surface area contributed by atoms with Crippen molar-refractivity contribution in [3.63, 3.8) is 0 Å². The Bertz CT molecular complexity index is 543. The Balaban J connectivity index is 2.02. The highest BCUT2D eigenvalue weighted by atomic mass is 16.3. The summed E-state index contributed by atoms with van der Waals surface area (Å²) in [5.41, 5.74) is 0.141. The highest BCUT2D eigenvalue weighted by Crippen LogP contribution is 2.34. The van der Waals surface area contributed by atoms with Gasteiger partial charge < -0.3 is 15.0 Å². The molecule has 0 aliphatic carbocycles. The lowest BCUT2D eigenvalue weighted by Crippen LogP contribution is -2.59. The summed E-state index contributed by atoms with van der Waals surface area (Å²) in [5.74, 6) is 0.912. The molecule has 2 N–H and O–H groups in total. The first-order valence-corrected chi connectivity index (χ1v) is 5.84. The van der Waals surface area contributed by atoms with Crippen molar-refractivity contribution in [3.05, 3.63) is 18.6 Å². The maximum atomic E-state index is 10.1. The van der Waals surface area contributed by atoms with Crippen LogP contribution < -0.4 is 4.90 Å². The molecule has 5 heteroatoms. The van der Waals surface area contributed by atoms with Crippen molar-refractivity contribution in [3.8, 4) is 0 Å². The maximum Gasteiger partial charge on any atom is 0.142 e. The number of hydrogen-bond acceptors (Lipinski definition) is 4. The summed E-state index contributed by atoms with van der Waals surface area (Å²) in [5, 5.41) is 11.1. The second-order valence-corrected chi connectivity index (χ2v) is 5.09. The lowest BCUT2D eigenvalue weighted by Gasteiger charge is -2.48. The summed E-state index contributed by atoms with van der Waals surface area (Å²) in [7, 11) is 0. The molecule has 1 aliphatic rings. The van der Waals surface area contributed by atoms with Crippen LogP contribution >= 0.6 is 0 Å². The molecule has 90 valence electrons. The van der Waals surface area contributed by atoms with Crippen molar-refractivity contribution in [2.45, 2.75) is 31.9 Å². The molecule has 0 bridgehead atoms. The van der Waals surface area contributed by atoms with Gasteiger partial charge in [0.2, 0.25) is 0 Å². The summed E-state index contributed by atoms with van der Waals surface area (Å²) in [6.45, 7) is 4.63. The Morgan fingerprint density at radius 1 is 1.47 bits per heavy atom. The van der Waals surface area contributed by atoms with E-state index in [2.05, 4.69) is 19.9 Å². The molecule has 5 nitrogen and oxygen atoms in total. The first-order chi connectivity index (χ1) is 8.07. The average Bonchev–Trinajstić information content (AvgIpc) is 2.61. The Morgan fingerprint density at radius 2 is 2.29 bits per heavy atom. The summed E-state index contributed by atoms with van der Waals surface area (Å²) >= 11 is 0. The monoisotopic (exact) mass is 232 g/mol. The minimum absolute atomic E-state index is 0.135. The number of nitrogens with zero attached hydrogens (tertiary/aromatic N) is 3. The highest BCUT2D eigenvalue weighted by molar-refractivity contribution is 5.87. The number of anilines is 1. The second kappa shape index (κ2) is 3.43. The highest BCUT2D eigenvalue weighted by Gasteiger charge is 2.40. The van der Waals surface area contributed by atoms with Gasteiger partial charge >= 0.3 is 0 Å². The number of aliphatic hydroxyl groups is 1. The van der Waals surface area contributed by atoms with Gasteiger partial charge in [0.15, 0.2) is 0 Å². The molecule has 17 heavy (non-hydrogen) atoms. The van der Waals surface area contributed by atoms with E-state index in [4.69, 9.17) is 0 Å². The van der Waals surface area contributed by atoms with Gasteiger partial charge in [0.05, 0.1) is 17.0 Å². The Labute approximate surface area is 99.5 Å². The van der Waals surface area contributed by atoms with Gasteiger partial charge in [0.1, 0.15) is 17.8 Å². The van der Waals surface area contributed by atoms with Crippen LogP contribution in [0.25, 0.3) is 11.0 Å². The molecule has 1 saturated heterocycles. The van der Waals surface area contributed by atoms with Crippen molar-refractivity contribution >= 4 is 16.9 Å². The fourth-order valence-corrected chi connectivity index (χ4v) is 2.46. The molecule has 1 atom stereocenters. The number of nitrogens with one attached hydrogen (secondary N) is 1. The Morgan fingerprint density at radius 3 is 2.94 bits per heavy atom. The molecule has 2 aromatic heterocycles. The van der Waals surface area contributed by atoms with Crippen LogP contribution in [-0.2, 0) is 0 Å². The van der Waals surface area contributed by atoms with E-state index in [-0.39, 0.29) is 6.04 Å². The van der Waals surface area contributed by atoms with E-state index in [1.807, 2.05) is 26.1 Å². The smallest absolute Gasteiger partial charge is 0.142 e. The van der Waals surface area contributed by atoms with Crippen LogP contribution in [0.5, 0.6) is 0 Å². The lowest BCUT2D eigenvalue weighted by atomic mass is 9.88. The van der Waals surface area contributed by atoms with Gasteiger partial charge in [-0.15, -0.1) is 0 Å². The molecule has 2 aromatic rings. The molecule has 1 aliphatic heterocycles. The fraction of sp³-hybridized carbons (Fsp3) is 0.500. The van der Waals surface area contributed by atoms with Gasteiger partial charge in [0.25, 0.3) is 0 Å². The zero-order valence-corrected chi connectivity index (χ0v) is 10.0. The fourth-order valence-electron chi connectivity index (χ4n) is 2.46. The predicted octanol–water partition coefficient (Wildman–Crippen LogP) is 1.31. The third-order valence-corrected chi connectivity index (χ3v) is 3.44. The quantitative estimate of drug-likeness (QED) is 0.819. The standard InChI is InChI=1S/C12H16N4O/c1-12(2,17)9-4-6-16(9)11-8-3-5-13-10(8)14-7-15-11/h3,5,7,9,17H,4,6H2,1-2H3,(H,13,14,15). The number of rotatable bonds is 2. The predicted molar refractivity (Wildman–Crippen MR) is 65.9 cm³/mol. The second-order valence-electron chi connectivity index (χ2n) is 5.09. The number of aromatic amines is 1. The average molecular weight is 232 g/mol. The van der Waals surface area contributed by atoms with Gasteiger partial charge in [-0.1, -0.05) is 0 Å². The van der Waals surface area contributed by atoms with Crippen molar-refractivity contribution < 1.29 is 5.11 Å². The molecule has 0 aromatic carbocycles. The van der Waals surface area contributed by atoms with E-state index in [1.54, 1.807) is 6.33 Å². The third kappa shape index (κ3) is 1.58. The van der Waals surface area contributed by atoms with Crippen LogP contribution in [-0.4, -0.2) is 38.2 Å². The lowest BCUT2D eigenvalue weighted by molar-refractivity contribution is 0.0291. The molecule has 0 spiro atoms. The molecule has 0 amide bonds. The first-order valence-electron chi connectivity index (χ1n) is 5.84. The van der Waals surface area contributed by atoms with Crippen molar-refractivity contribution in [1.29, 1.82) is 0 Å². The Kier molecular flexibility index (Phi) is 2.13. The molecular weight excluding hydrogens is 216 g/mol. The van der Waals surface area contributed by atoms with E-state index in [0.717, 1.165) is 29.8 Å². The first kappa shape index (κ1) is 10.5. The number of H-pyrrole nitrogens is 1. The van der Waals surface area contributed by atoms with Crippen LogP contribution in [0.2, 0.25) is 0 Å². The minimum atomic E-state index is -0.703. The summed E-state index contributed by atoms with van der Waals surface area (Å²) < 4.78 is 0. The van der Waals surface area contributed by atoms with Crippen LogP contribution in [0.1, 0.15) is 20.3 Å². The normalized spacial score (nSPS) is 20.6. The molecule has 1 fully saturated rings. The molecule has 3 rings (SSSR count). The number of hydrogen-bond donors (Lipinski definition) is 2. The molecule has 0 radical (unpaired) electrons. The largest absolute Gasteiger partial charge is 0.388 e. The van der Waals surface area contributed by atoms with Crippen molar-refractivity contribution in [2.24, 2.45) is 0 Å². The van der Waals surface area contributed by atoms with E-state index < -0.39 is 5.60 Å². The molecular formula is C12H16N4O. The van der Waals surface area contributed by atoms with Gasteiger partial charge in [-0.05, 0) is 26.3 Å². The van der Waals surface area contributed by atoms with E-state index >= 15 is 0 Å². The van der Waals surface area contributed by atoms with Crippen molar-refractivity contribution in [2.75, 3.05) is 11.4 Å². The van der Waals surface area contributed by atoms with Crippen LogP contribution in [0.3, 0.4) is 0 Å². The zero-order chi connectivity index (χ0) is 12.0. The van der Waals surface area contributed by atoms with Gasteiger partial charge in [-0.25, -0.2) is 9.97 Å². The summed E-state index contributed by atoms with van der Waals surface area (Å²) in [4.78, 5) is 13.7. The molecule has 1 unspecified atom stereocenters. The zero-order valence-electron chi connectivity index (χ0n) is 10.0. The SMILES string of the molecule is CC(C)(O)C1CCN1c1ncnc2[nH]ccc12. The van der Waals surface area contributed by atoms with E-state index in [9.17, 15) is 5.11 Å². The topological polar surface area (TPSA) is 65.0 Å². The number of fused-ring (bicyclic) bond motifs is 1. The third-order valence-electron chi connectivity index (χ3n) is 3.44. The molecule has 0 saturated carbocycles. The number of aromatic nitrogens is 3. The van der Waals surface area contributed by atoms with Crippen LogP contribution in [0, 0.1) is 0 Å². The Hall–Kier alpha value is -1.62. The van der Waals surface area contributed by atoms with Crippen LogP contribution in [0.15, 0.2) is 18.6 Å². The van der Waals surface area contributed by atoms with E-state index in [0.29, 0.717) is 0 Å². The molecule has 3 heterocycles. The maximum absolute atomic E-state index is 10.1. The van der Waals surface area contributed by atoms with E-state index in [1.165, 1.54) is 0 Å². The van der Waals surface area contributed by atoms with Gasteiger partial charge in [-0.2, -0.15) is 0 Å². The van der Waals surface area contributed by atoms with Gasteiger partial charge in [0, 0.05) is 12.7 Å².